The molecule has 0 saturated carbocycles. The van der Waals surface area contributed by atoms with Crippen LogP contribution in [0.15, 0.2) is 24.7 Å². The molecule has 1 aliphatic rings. The number of aromatic nitrogens is 3. The molecule has 25 heavy (non-hydrogen) atoms. The van der Waals surface area contributed by atoms with Crippen molar-refractivity contribution < 1.29 is 9.18 Å². The molecule has 3 heterocycles. The monoisotopic (exact) mass is 344 g/mol. The molecule has 0 bridgehead atoms. The predicted octanol–water partition coefficient (Wildman–Crippen LogP) is 2.32. The van der Waals surface area contributed by atoms with Gasteiger partial charge in [-0.25, -0.2) is 9.37 Å². The summed E-state index contributed by atoms with van der Waals surface area (Å²) in [6, 6.07) is 1.14. The third-order valence-electron chi connectivity index (χ3n) is 4.03. The van der Waals surface area contributed by atoms with E-state index in [1.807, 2.05) is 19.0 Å². The van der Waals surface area contributed by atoms with E-state index in [1.165, 1.54) is 12.6 Å². The van der Waals surface area contributed by atoms with Crippen LogP contribution in [-0.4, -0.2) is 48.0 Å². The van der Waals surface area contributed by atoms with Crippen LogP contribution in [0.4, 0.5) is 21.8 Å². The first-order valence-electron chi connectivity index (χ1n) is 8.26. The first kappa shape index (κ1) is 17.1. The highest BCUT2D eigenvalue weighted by molar-refractivity contribution is 6.05. The van der Waals surface area contributed by atoms with E-state index in [-0.39, 0.29) is 5.56 Å². The molecule has 0 spiro atoms. The van der Waals surface area contributed by atoms with Gasteiger partial charge in [-0.15, -0.1) is 0 Å². The van der Waals surface area contributed by atoms with Gasteiger partial charge < -0.3 is 15.1 Å². The molecular weight excluding hydrogens is 323 g/mol. The zero-order valence-corrected chi connectivity index (χ0v) is 14.4. The van der Waals surface area contributed by atoms with E-state index >= 15 is 0 Å². The van der Waals surface area contributed by atoms with E-state index in [1.54, 1.807) is 6.20 Å². The average Bonchev–Trinajstić information content (AvgIpc) is 2.62. The maximum Gasteiger partial charge on any atom is 0.257 e. The summed E-state index contributed by atoms with van der Waals surface area (Å²) in [5.74, 6) is 0.253. The lowest BCUT2D eigenvalue weighted by molar-refractivity contribution is 0.102. The predicted molar refractivity (Wildman–Crippen MR) is 94.6 cm³/mol. The number of amides is 1. The van der Waals surface area contributed by atoms with Crippen molar-refractivity contribution in [3.63, 3.8) is 0 Å². The minimum absolute atomic E-state index is 0.143. The highest BCUT2D eigenvalue weighted by atomic mass is 19.1. The van der Waals surface area contributed by atoms with Gasteiger partial charge in [0.1, 0.15) is 11.5 Å². The lowest BCUT2D eigenvalue weighted by Crippen LogP contribution is -2.31. The number of hydrogen-bond acceptors (Lipinski definition) is 6. The number of carbonyl (C=O) groups is 1. The highest BCUT2D eigenvalue weighted by Gasteiger charge is 2.18. The summed E-state index contributed by atoms with van der Waals surface area (Å²) in [7, 11) is 3.70. The Bertz CT molecular complexity index is 761. The minimum Gasteiger partial charge on any atom is -0.361 e. The molecule has 1 amide bonds. The molecule has 1 fully saturated rings. The second kappa shape index (κ2) is 7.42. The summed E-state index contributed by atoms with van der Waals surface area (Å²) in [6.07, 6.45) is 7.45. The molecule has 1 N–H and O–H groups in total. The van der Waals surface area contributed by atoms with Crippen LogP contribution < -0.4 is 15.1 Å². The van der Waals surface area contributed by atoms with Crippen LogP contribution in [0.3, 0.4) is 0 Å². The van der Waals surface area contributed by atoms with E-state index in [9.17, 15) is 9.18 Å². The maximum absolute atomic E-state index is 13.3. The van der Waals surface area contributed by atoms with Gasteiger partial charge in [0.05, 0.1) is 18.0 Å². The summed E-state index contributed by atoms with van der Waals surface area (Å²) in [6.45, 7) is 1.88. The summed E-state index contributed by atoms with van der Waals surface area (Å²) >= 11 is 0. The summed E-state index contributed by atoms with van der Waals surface area (Å²) in [5, 5.41) is 2.73. The lowest BCUT2D eigenvalue weighted by Gasteiger charge is -2.28. The van der Waals surface area contributed by atoms with E-state index in [0.717, 1.165) is 38.2 Å². The fourth-order valence-electron chi connectivity index (χ4n) is 2.77. The van der Waals surface area contributed by atoms with Crippen molar-refractivity contribution in [3.05, 3.63) is 36.0 Å². The third kappa shape index (κ3) is 4.01. The molecule has 0 radical (unpaired) electrons. The highest BCUT2D eigenvalue weighted by Crippen LogP contribution is 2.25. The Kier molecular flexibility index (Phi) is 5.06. The molecule has 1 saturated heterocycles. The van der Waals surface area contributed by atoms with Gasteiger partial charge in [0, 0.05) is 33.4 Å². The number of nitrogens with zero attached hydrogens (tertiary/aromatic N) is 5. The van der Waals surface area contributed by atoms with E-state index in [0.29, 0.717) is 17.5 Å². The second-order valence-corrected chi connectivity index (χ2v) is 6.20. The van der Waals surface area contributed by atoms with Crippen molar-refractivity contribution in [2.24, 2.45) is 0 Å². The summed E-state index contributed by atoms with van der Waals surface area (Å²) in [4.78, 5) is 29.0. The number of halogens is 1. The smallest absolute Gasteiger partial charge is 0.257 e. The molecule has 1 aliphatic heterocycles. The Morgan fingerprint density at radius 1 is 1.20 bits per heavy atom. The van der Waals surface area contributed by atoms with E-state index in [2.05, 4.69) is 25.2 Å². The topological polar surface area (TPSA) is 74.2 Å². The van der Waals surface area contributed by atoms with Crippen molar-refractivity contribution >= 4 is 23.4 Å². The SMILES string of the molecule is CN(C)c1nc(N2CCCCC2)ncc1NC(=O)c1cncc(F)c1. The summed E-state index contributed by atoms with van der Waals surface area (Å²) in [5.41, 5.74) is 0.616. The molecule has 8 heteroatoms. The van der Waals surface area contributed by atoms with Crippen LogP contribution >= 0.6 is 0 Å². The average molecular weight is 344 g/mol. The largest absolute Gasteiger partial charge is 0.361 e. The van der Waals surface area contributed by atoms with Gasteiger partial charge in [0.25, 0.3) is 5.91 Å². The van der Waals surface area contributed by atoms with Gasteiger partial charge in [-0.05, 0) is 25.3 Å². The van der Waals surface area contributed by atoms with E-state index < -0.39 is 11.7 Å². The van der Waals surface area contributed by atoms with Gasteiger partial charge >= 0.3 is 0 Å². The van der Waals surface area contributed by atoms with Crippen molar-refractivity contribution in [1.29, 1.82) is 0 Å². The quantitative estimate of drug-likeness (QED) is 0.917. The molecule has 0 atom stereocenters. The molecule has 2 aromatic rings. The Morgan fingerprint density at radius 2 is 1.96 bits per heavy atom. The van der Waals surface area contributed by atoms with Crippen LogP contribution in [-0.2, 0) is 0 Å². The zero-order chi connectivity index (χ0) is 17.8. The van der Waals surface area contributed by atoms with Gasteiger partial charge in [-0.1, -0.05) is 0 Å². The molecule has 3 rings (SSSR count). The van der Waals surface area contributed by atoms with Gasteiger partial charge in [0.2, 0.25) is 5.95 Å². The first-order chi connectivity index (χ1) is 12.0. The van der Waals surface area contributed by atoms with Crippen LogP contribution in [0.2, 0.25) is 0 Å². The third-order valence-corrected chi connectivity index (χ3v) is 4.03. The molecule has 0 unspecified atom stereocenters. The molecule has 0 aliphatic carbocycles. The van der Waals surface area contributed by atoms with Crippen LogP contribution in [0, 0.1) is 5.82 Å². The maximum atomic E-state index is 13.3. The first-order valence-corrected chi connectivity index (χ1v) is 8.26. The molecule has 0 aromatic carbocycles. The van der Waals surface area contributed by atoms with Crippen molar-refractivity contribution in [2.75, 3.05) is 42.3 Å². The fraction of sp³-hybridized carbons (Fsp3) is 0.412. The Labute approximate surface area is 145 Å². The van der Waals surface area contributed by atoms with Crippen molar-refractivity contribution in [1.82, 2.24) is 15.0 Å². The van der Waals surface area contributed by atoms with Gasteiger partial charge in [-0.2, -0.15) is 4.98 Å². The number of hydrogen-bond donors (Lipinski definition) is 1. The standard InChI is InChI=1S/C17H21FN6O/c1-23(2)15-14(21-16(25)12-8-13(18)10-19-9-12)11-20-17(22-15)24-6-4-3-5-7-24/h8-11H,3-7H2,1-2H3,(H,21,25). The Morgan fingerprint density at radius 3 is 2.64 bits per heavy atom. The number of piperidine rings is 1. The van der Waals surface area contributed by atoms with Crippen LogP contribution in [0.5, 0.6) is 0 Å². The van der Waals surface area contributed by atoms with Gasteiger partial charge in [-0.3, -0.25) is 9.78 Å². The number of carbonyl (C=O) groups excluding carboxylic acids is 1. The van der Waals surface area contributed by atoms with E-state index in [4.69, 9.17) is 0 Å². The zero-order valence-electron chi connectivity index (χ0n) is 14.4. The number of anilines is 3. The lowest BCUT2D eigenvalue weighted by atomic mass is 10.1. The number of rotatable bonds is 4. The molecule has 2 aromatic heterocycles. The Balaban J connectivity index is 1.84. The molecule has 132 valence electrons. The van der Waals surface area contributed by atoms with Crippen LogP contribution in [0.25, 0.3) is 0 Å². The Hall–Kier alpha value is -2.77. The second-order valence-electron chi connectivity index (χ2n) is 6.20. The number of nitrogens with one attached hydrogen (secondary N) is 1. The molecular formula is C17H21FN6O. The van der Waals surface area contributed by atoms with Crippen molar-refractivity contribution in [2.45, 2.75) is 19.3 Å². The summed E-state index contributed by atoms with van der Waals surface area (Å²) < 4.78 is 13.3. The normalized spacial score (nSPS) is 14.3. The molecule has 7 nitrogen and oxygen atoms in total. The van der Waals surface area contributed by atoms with Crippen molar-refractivity contribution in [3.8, 4) is 0 Å². The van der Waals surface area contributed by atoms with Gasteiger partial charge in [0.15, 0.2) is 5.82 Å². The van der Waals surface area contributed by atoms with Crippen LogP contribution in [0.1, 0.15) is 29.6 Å². The fourth-order valence-corrected chi connectivity index (χ4v) is 2.77. The minimum atomic E-state index is -0.558. The number of pyridine rings is 1.